The van der Waals surface area contributed by atoms with Crippen molar-refractivity contribution in [2.45, 2.75) is 31.7 Å². The maximum absolute atomic E-state index is 12.4. The molecule has 1 fully saturated rings. The molecule has 0 amide bonds. The lowest BCUT2D eigenvalue weighted by Crippen LogP contribution is -2.32. The maximum atomic E-state index is 12.4. The first-order valence-corrected chi connectivity index (χ1v) is 6.96. The van der Waals surface area contributed by atoms with E-state index in [1.54, 1.807) is 13.8 Å². The van der Waals surface area contributed by atoms with Gasteiger partial charge in [0.1, 0.15) is 10.6 Å². The van der Waals surface area contributed by atoms with Gasteiger partial charge in [-0.05, 0) is 19.8 Å². The van der Waals surface area contributed by atoms with Crippen molar-refractivity contribution in [1.29, 1.82) is 0 Å². The van der Waals surface area contributed by atoms with E-state index >= 15 is 0 Å². The quantitative estimate of drug-likeness (QED) is 0.866. The molecule has 6 nitrogen and oxygen atoms in total. The van der Waals surface area contributed by atoms with Crippen molar-refractivity contribution in [2.24, 2.45) is 11.7 Å². The number of aryl methyl sites for hydroxylation is 2. The van der Waals surface area contributed by atoms with E-state index in [1.807, 2.05) is 6.92 Å². The van der Waals surface area contributed by atoms with Crippen LogP contribution in [0.4, 0.5) is 0 Å². The van der Waals surface area contributed by atoms with E-state index < -0.39 is 10.0 Å². The van der Waals surface area contributed by atoms with Crippen LogP contribution in [0.1, 0.15) is 18.4 Å². The highest BCUT2D eigenvalue weighted by molar-refractivity contribution is 7.89. The van der Waals surface area contributed by atoms with Crippen LogP contribution in [-0.4, -0.2) is 37.0 Å². The first kappa shape index (κ1) is 15.4. The van der Waals surface area contributed by atoms with Gasteiger partial charge in [-0.1, -0.05) is 12.1 Å². The Balaban J connectivity index is 0.00000162. The lowest BCUT2D eigenvalue weighted by molar-refractivity contribution is 0.389. The van der Waals surface area contributed by atoms with E-state index in [4.69, 9.17) is 10.3 Å². The van der Waals surface area contributed by atoms with Crippen molar-refractivity contribution < 1.29 is 12.9 Å². The van der Waals surface area contributed by atoms with Crippen molar-refractivity contribution in [1.82, 2.24) is 9.46 Å². The smallest absolute Gasteiger partial charge is 0.248 e. The van der Waals surface area contributed by atoms with E-state index in [1.165, 1.54) is 4.31 Å². The van der Waals surface area contributed by atoms with Crippen molar-refractivity contribution in [3.63, 3.8) is 0 Å². The molecular formula is C10H18ClN3O3S. The summed E-state index contributed by atoms with van der Waals surface area (Å²) in [4.78, 5) is 0.179. The largest absolute Gasteiger partial charge is 0.360 e. The molecule has 0 spiro atoms. The summed E-state index contributed by atoms with van der Waals surface area (Å²) < 4.78 is 31.1. The summed E-state index contributed by atoms with van der Waals surface area (Å²) in [6.45, 7) is 5.99. The average Bonchev–Trinajstić information content (AvgIpc) is 2.72. The van der Waals surface area contributed by atoms with Crippen LogP contribution >= 0.6 is 12.4 Å². The van der Waals surface area contributed by atoms with Crippen LogP contribution in [0.25, 0.3) is 0 Å². The van der Waals surface area contributed by atoms with Gasteiger partial charge < -0.3 is 10.3 Å². The molecule has 1 aromatic heterocycles. The Morgan fingerprint density at radius 1 is 1.39 bits per heavy atom. The third-order valence-electron chi connectivity index (χ3n) is 3.20. The van der Waals surface area contributed by atoms with Gasteiger partial charge in [0.25, 0.3) is 0 Å². The molecule has 1 aliphatic heterocycles. The van der Waals surface area contributed by atoms with E-state index in [0.29, 0.717) is 24.5 Å². The highest BCUT2D eigenvalue weighted by atomic mass is 35.5. The number of rotatable bonds is 2. The molecule has 0 aromatic carbocycles. The topological polar surface area (TPSA) is 89.4 Å². The molecule has 2 N–H and O–H groups in total. The molecular weight excluding hydrogens is 278 g/mol. The highest BCUT2D eigenvalue weighted by Gasteiger charge is 2.38. The van der Waals surface area contributed by atoms with E-state index in [9.17, 15) is 8.42 Å². The SMILES string of the molecule is Cc1noc(C)c1S(=O)(=O)N1CC(C)C(N)C1.Cl. The first-order valence-electron chi connectivity index (χ1n) is 5.52. The molecule has 104 valence electrons. The summed E-state index contributed by atoms with van der Waals surface area (Å²) >= 11 is 0. The molecule has 1 aliphatic rings. The summed E-state index contributed by atoms with van der Waals surface area (Å²) in [6.07, 6.45) is 0. The molecule has 8 heteroatoms. The van der Waals surface area contributed by atoms with Crippen LogP contribution in [0.3, 0.4) is 0 Å². The minimum atomic E-state index is -3.53. The summed E-state index contributed by atoms with van der Waals surface area (Å²) in [5.74, 6) is 0.501. The predicted molar refractivity (Wildman–Crippen MR) is 69.1 cm³/mol. The first-order chi connectivity index (χ1) is 7.84. The highest BCUT2D eigenvalue weighted by Crippen LogP contribution is 2.27. The van der Waals surface area contributed by atoms with Gasteiger partial charge in [-0.25, -0.2) is 8.42 Å². The summed E-state index contributed by atoms with van der Waals surface area (Å²) in [5.41, 5.74) is 6.25. The normalized spacial score (nSPS) is 25.1. The Morgan fingerprint density at radius 3 is 2.39 bits per heavy atom. The second kappa shape index (κ2) is 5.16. The molecule has 2 rings (SSSR count). The molecule has 1 saturated heterocycles. The fourth-order valence-corrected chi connectivity index (χ4v) is 3.98. The van der Waals surface area contributed by atoms with Crippen LogP contribution in [0.15, 0.2) is 9.42 Å². The molecule has 0 aliphatic carbocycles. The van der Waals surface area contributed by atoms with Crippen LogP contribution < -0.4 is 5.73 Å². The Morgan fingerprint density at radius 2 is 2.00 bits per heavy atom. The van der Waals surface area contributed by atoms with Crippen LogP contribution in [0.5, 0.6) is 0 Å². The lowest BCUT2D eigenvalue weighted by Gasteiger charge is -2.15. The van der Waals surface area contributed by atoms with Gasteiger partial charge in [0.05, 0.1) is 0 Å². The van der Waals surface area contributed by atoms with Gasteiger partial charge >= 0.3 is 0 Å². The predicted octanol–water partition coefficient (Wildman–Crippen LogP) is 0.681. The molecule has 2 heterocycles. The summed E-state index contributed by atoms with van der Waals surface area (Å²) in [7, 11) is -3.53. The second-order valence-electron chi connectivity index (χ2n) is 4.62. The van der Waals surface area contributed by atoms with Crippen molar-refractivity contribution in [3.8, 4) is 0 Å². The Bertz CT molecular complexity index is 499. The molecule has 0 saturated carbocycles. The van der Waals surface area contributed by atoms with Crippen LogP contribution in [-0.2, 0) is 10.0 Å². The Hall–Kier alpha value is -0.630. The number of nitrogens with two attached hydrogens (primary N) is 1. The third-order valence-corrected chi connectivity index (χ3v) is 5.28. The number of nitrogens with zero attached hydrogens (tertiary/aromatic N) is 2. The molecule has 1 aromatic rings. The van der Waals surface area contributed by atoms with E-state index in [2.05, 4.69) is 5.16 Å². The third kappa shape index (κ3) is 2.40. The average molecular weight is 296 g/mol. The van der Waals surface area contributed by atoms with Crippen molar-refractivity contribution in [2.75, 3.05) is 13.1 Å². The number of hydrogen-bond donors (Lipinski definition) is 1. The standard InChI is InChI=1S/C10H17N3O3S.ClH/c1-6-4-13(5-9(6)11)17(14,15)10-7(2)12-16-8(10)3;/h6,9H,4-5,11H2,1-3H3;1H. The second-order valence-corrected chi connectivity index (χ2v) is 6.49. The molecule has 18 heavy (non-hydrogen) atoms. The number of halogens is 1. The van der Waals surface area contributed by atoms with Gasteiger partial charge in [-0.3, -0.25) is 0 Å². The maximum Gasteiger partial charge on any atom is 0.248 e. The zero-order valence-corrected chi connectivity index (χ0v) is 12.2. The Kier molecular flexibility index (Phi) is 4.42. The summed E-state index contributed by atoms with van der Waals surface area (Å²) in [5, 5.41) is 3.68. The van der Waals surface area contributed by atoms with Gasteiger partial charge in [0.15, 0.2) is 5.76 Å². The van der Waals surface area contributed by atoms with E-state index in [-0.39, 0.29) is 29.3 Å². The lowest BCUT2D eigenvalue weighted by atomic mass is 10.1. The number of hydrogen-bond acceptors (Lipinski definition) is 5. The molecule has 0 radical (unpaired) electrons. The fraction of sp³-hybridized carbons (Fsp3) is 0.700. The summed E-state index contributed by atoms with van der Waals surface area (Å²) in [6, 6.07) is -0.106. The monoisotopic (exact) mass is 295 g/mol. The van der Waals surface area contributed by atoms with E-state index in [0.717, 1.165) is 0 Å². The van der Waals surface area contributed by atoms with Crippen LogP contribution in [0.2, 0.25) is 0 Å². The van der Waals surface area contributed by atoms with Crippen molar-refractivity contribution in [3.05, 3.63) is 11.5 Å². The van der Waals surface area contributed by atoms with Crippen LogP contribution in [0, 0.1) is 19.8 Å². The van der Waals surface area contributed by atoms with Crippen molar-refractivity contribution >= 4 is 22.4 Å². The van der Waals surface area contributed by atoms with Gasteiger partial charge in [0, 0.05) is 19.1 Å². The molecule has 2 unspecified atom stereocenters. The number of sulfonamides is 1. The fourth-order valence-electron chi connectivity index (χ4n) is 2.11. The molecule has 0 bridgehead atoms. The zero-order valence-electron chi connectivity index (χ0n) is 10.6. The molecule has 2 atom stereocenters. The van der Waals surface area contributed by atoms with Gasteiger partial charge in [0.2, 0.25) is 10.0 Å². The van der Waals surface area contributed by atoms with Gasteiger partial charge in [-0.2, -0.15) is 4.31 Å². The minimum Gasteiger partial charge on any atom is -0.360 e. The Labute approximate surface area is 113 Å². The van der Waals surface area contributed by atoms with Gasteiger partial charge in [-0.15, -0.1) is 12.4 Å². The number of aromatic nitrogens is 1. The zero-order chi connectivity index (χ0) is 12.8. The minimum absolute atomic E-state index is 0.